The summed E-state index contributed by atoms with van der Waals surface area (Å²) in [5, 5.41) is 12.7. The largest absolute Gasteiger partial charge is 0.496 e. The number of rotatable bonds is 7. The molecule has 4 aromatic rings. The monoisotopic (exact) mass is 533 g/mol. The molecule has 1 aromatic carbocycles. The smallest absolute Gasteiger partial charge is 0.303 e. The fourth-order valence-electron chi connectivity index (χ4n) is 5.18. The summed E-state index contributed by atoms with van der Waals surface area (Å²) in [6.07, 6.45) is 7.62. The molecule has 39 heavy (non-hydrogen) atoms. The lowest BCUT2D eigenvalue weighted by Gasteiger charge is -2.35. The van der Waals surface area contributed by atoms with Gasteiger partial charge in [0.05, 0.1) is 30.4 Å². The zero-order valence-electron chi connectivity index (χ0n) is 22.3. The van der Waals surface area contributed by atoms with Crippen molar-refractivity contribution >= 4 is 40.2 Å². The van der Waals surface area contributed by atoms with Crippen LogP contribution in [0.4, 0.5) is 5.82 Å². The van der Waals surface area contributed by atoms with Crippen LogP contribution in [0.5, 0.6) is 5.75 Å². The maximum absolute atomic E-state index is 13.2. The highest BCUT2D eigenvalue weighted by atomic mass is 16.5. The number of carbonyl (C=O) groups is 3. The van der Waals surface area contributed by atoms with Crippen molar-refractivity contribution in [2.24, 2.45) is 0 Å². The van der Waals surface area contributed by atoms with E-state index in [2.05, 4.69) is 15.4 Å². The predicted octanol–water partition coefficient (Wildman–Crippen LogP) is 3.23. The van der Waals surface area contributed by atoms with E-state index >= 15 is 0 Å². The summed E-state index contributed by atoms with van der Waals surface area (Å²) in [6, 6.07) is 7.35. The van der Waals surface area contributed by atoms with E-state index in [1.165, 1.54) is 14.0 Å². The molecule has 0 aliphatic heterocycles. The minimum absolute atomic E-state index is 0.0706. The second kappa shape index (κ2) is 10.7. The van der Waals surface area contributed by atoms with Crippen molar-refractivity contribution in [1.29, 1.82) is 0 Å². The number of hydrogen-bond donors (Lipinski definition) is 1. The fourth-order valence-corrected chi connectivity index (χ4v) is 5.18. The standard InChI is InChI=1S/C27H31N7O5/c1-16(39-17(2)35)27(37)32(3)19-7-9-20(10-8-19)33-15-18-12-21(23(38-4)13-22(18)31-33)26(36)30-25-14-28-24-6-5-11-29-34(24)25/h5-6,11-16,19-20H,7-10H2,1-4H3,(H,30,36)/t16-,19?,20?/m0/s1. The molecule has 204 valence electrons. The number of benzene rings is 1. The molecule has 0 spiro atoms. The van der Waals surface area contributed by atoms with Crippen LogP contribution in [0.15, 0.2) is 42.9 Å². The highest BCUT2D eigenvalue weighted by Gasteiger charge is 2.31. The Morgan fingerprint density at radius 2 is 1.95 bits per heavy atom. The van der Waals surface area contributed by atoms with E-state index in [1.807, 2.05) is 10.9 Å². The van der Waals surface area contributed by atoms with Crippen LogP contribution < -0.4 is 10.1 Å². The van der Waals surface area contributed by atoms with Gasteiger partial charge < -0.3 is 19.7 Å². The quantitative estimate of drug-likeness (QED) is 0.358. The number of imidazole rings is 1. The predicted molar refractivity (Wildman–Crippen MR) is 143 cm³/mol. The Bertz CT molecular complexity index is 1540. The van der Waals surface area contributed by atoms with E-state index < -0.39 is 12.1 Å². The summed E-state index contributed by atoms with van der Waals surface area (Å²) in [6.45, 7) is 2.89. The van der Waals surface area contributed by atoms with Crippen LogP contribution in [0.3, 0.4) is 0 Å². The number of carbonyl (C=O) groups excluding carboxylic acids is 3. The molecule has 3 aromatic heterocycles. The van der Waals surface area contributed by atoms with Crippen molar-refractivity contribution in [2.75, 3.05) is 19.5 Å². The van der Waals surface area contributed by atoms with Gasteiger partial charge in [-0.1, -0.05) is 0 Å². The topological polar surface area (TPSA) is 133 Å². The zero-order chi connectivity index (χ0) is 27.7. The molecule has 0 bridgehead atoms. The molecule has 0 radical (unpaired) electrons. The maximum Gasteiger partial charge on any atom is 0.303 e. The van der Waals surface area contributed by atoms with Gasteiger partial charge in [0, 0.05) is 43.9 Å². The number of likely N-dealkylation sites (N-methyl/N-ethyl adjacent to an activating group) is 1. The molecular formula is C27H31N7O5. The fraction of sp³-hybridized carbons (Fsp3) is 0.407. The van der Waals surface area contributed by atoms with Crippen LogP contribution in [-0.4, -0.2) is 73.4 Å². The van der Waals surface area contributed by atoms with Gasteiger partial charge in [0.25, 0.3) is 11.8 Å². The first kappa shape index (κ1) is 26.1. The van der Waals surface area contributed by atoms with Gasteiger partial charge >= 0.3 is 5.97 Å². The molecule has 1 atom stereocenters. The van der Waals surface area contributed by atoms with Crippen molar-refractivity contribution in [2.45, 2.75) is 57.7 Å². The second-order valence-corrected chi connectivity index (χ2v) is 9.77. The lowest BCUT2D eigenvalue weighted by atomic mass is 9.90. The van der Waals surface area contributed by atoms with Crippen molar-refractivity contribution in [3.8, 4) is 5.75 Å². The molecular weight excluding hydrogens is 502 g/mol. The maximum atomic E-state index is 13.2. The first-order valence-corrected chi connectivity index (χ1v) is 12.9. The van der Waals surface area contributed by atoms with Crippen LogP contribution >= 0.6 is 0 Å². The van der Waals surface area contributed by atoms with Crippen LogP contribution in [0, 0.1) is 0 Å². The molecule has 2 amide bonds. The van der Waals surface area contributed by atoms with E-state index in [4.69, 9.17) is 14.6 Å². The van der Waals surface area contributed by atoms with Crippen LogP contribution in [0.2, 0.25) is 0 Å². The van der Waals surface area contributed by atoms with Gasteiger partial charge in [0.15, 0.2) is 17.6 Å². The Hall–Kier alpha value is -4.48. The number of amides is 2. The third-order valence-electron chi connectivity index (χ3n) is 7.23. The van der Waals surface area contributed by atoms with Crippen LogP contribution in [-0.2, 0) is 14.3 Å². The van der Waals surface area contributed by atoms with E-state index in [0.29, 0.717) is 22.8 Å². The van der Waals surface area contributed by atoms with Crippen molar-refractivity contribution < 1.29 is 23.9 Å². The van der Waals surface area contributed by atoms with Crippen LogP contribution in [0.1, 0.15) is 55.9 Å². The summed E-state index contributed by atoms with van der Waals surface area (Å²) < 4.78 is 14.1. The molecule has 1 fully saturated rings. The molecule has 0 saturated heterocycles. The van der Waals surface area contributed by atoms with Gasteiger partial charge in [0.2, 0.25) is 0 Å². The molecule has 12 nitrogen and oxygen atoms in total. The number of esters is 1. The van der Waals surface area contributed by atoms with E-state index in [0.717, 1.165) is 36.6 Å². The average Bonchev–Trinajstić information content (AvgIpc) is 3.55. The Balaban J connectivity index is 1.29. The number of fused-ring (bicyclic) bond motifs is 2. The molecule has 1 N–H and O–H groups in total. The summed E-state index contributed by atoms with van der Waals surface area (Å²) >= 11 is 0. The molecule has 1 aliphatic carbocycles. The summed E-state index contributed by atoms with van der Waals surface area (Å²) in [5.41, 5.74) is 1.73. The number of nitrogens with one attached hydrogen (secondary N) is 1. The van der Waals surface area contributed by atoms with Crippen LogP contribution in [0.25, 0.3) is 16.6 Å². The Kier molecular flexibility index (Phi) is 7.18. The van der Waals surface area contributed by atoms with Gasteiger partial charge in [-0.2, -0.15) is 14.7 Å². The Morgan fingerprint density at radius 3 is 2.67 bits per heavy atom. The highest BCUT2D eigenvalue weighted by molar-refractivity contribution is 6.08. The summed E-state index contributed by atoms with van der Waals surface area (Å²) in [7, 11) is 3.28. The van der Waals surface area contributed by atoms with E-state index in [-0.39, 0.29) is 23.9 Å². The first-order chi connectivity index (χ1) is 18.7. The summed E-state index contributed by atoms with van der Waals surface area (Å²) in [4.78, 5) is 43.0. The highest BCUT2D eigenvalue weighted by Crippen LogP contribution is 2.33. The average molecular weight is 534 g/mol. The third-order valence-corrected chi connectivity index (χ3v) is 7.23. The van der Waals surface area contributed by atoms with Crippen molar-refractivity contribution in [3.63, 3.8) is 0 Å². The molecule has 0 unspecified atom stereocenters. The lowest BCUT2D eigenvalue weighted by Crippen LogP contribution is -2.45. The van der Waals surface area contributed by atoms with E-state index in [1.54, 1.807) is 60.0 Å². The van der Waals surface area contributed by atoms with Gasteiger partial charge in [0.1, 0.15) is 5.75 Å². The third kappa shape index (κ3) is 5.27. The Labute approximate surface area is 224 Å². The summed E-state index contributed by atoms with van der Waals surface area (Å²) in [5.74, 6) is -0.141. The first-order valence-electron chi connectivity index (χ1n) is 12.9. The molecule has 3 heterocycles. The molecule has 5 rings (SSSR count). The van der Waals surface area contributed by atoms with Gasteiger partial charge in [-0.15, -0.1) is 0 Å². The van der Waals surface area contributed by atoms with Gasteiger partial charge in [-0.3, -0.25) is 19.1 Å². The van der Waals surface area contributed by atoms with Gasteiger partial charge in [-0.25, -0.2) is 4.98 Å². The molecule has 1 aliphatic rings. The Morgan fingerprint density at radius 1 is 1.18 bits per heavy atom. The minimum Gasteiger partial charge on any atom is -0.496 e. The number of methoxy groups -OCH3 is 1. The normalized spacial score (nSPS) is 18.1. The number of anilines is 1. The minimum atomic E-state index is -0.799. The lowest BCUT2D eigenvalue weighted by molar-refractivity contribution is -0.158. The number of ether oxygens (including phenoxy) is 2. The number of aromatic nitrogens is 5. The molecule has 12 heteroatoms. The number of nitrogens with zero attached hydrogens (tertiary/aromatic N) is 6. The van der Waals surface area contributed by atoms with E-state index in [9.17, 15) is 14.4 Å². The SMILES string of the molecule is COc1cc2nn(C3CCC(N(C)C(=O)[C@H](C)OC(C)=O)CC3)cc2cc1C(=O)Nc1cnc2cccnn12. The zero-order valence-corrected chi connectivity index (χ0v) is 22.3. The number of hydrogen-bond acceptors (Lipinski definition) is 8. The van der Waals surface area contributed by atoms with Crippen molar-refractivity contribution in [3.05, 3.63) is 48.4 Å². The second-order valence-electron chi connectivity index (χ2n) is 9.77. The van der Waals surface area contributed by atoms with Crippen molar-refractivity contribution in [1.82, 2.24) is 29.3 Å². The molecule has 1 saturated carbocycles. The van der Waals surface area contributed by atoms with Gasteiger partial charge in [-0.05, 0) is 50.8 Å².